The average molecular weight is 236 g/mol. The Kier molecular flexibility index (Phi) is 4.67. The van der Waals surface area contributed by atoms with Crippen LogP contribution in [0.15, 0.2) is 11.6 Å². The van der Waals surface area contributed by atoms with Crippen molar-refractivity contribution in [2.75, 3.05) is 0 Å². The minimum atomic E-state index is -0.0860. The molecule has 1 fully saturated rings. The van der Waals surface area contributed by atoms with Crippen LogP contribution in [-0.4, -0.2) is 11.2 Å². The van der Waals surface area contributed by atoms with Crippen molar-refractivity contribution in [2.45, 2.75) is 83.7 Å². The molecule has 0 aromatic heterocycles. The number of aliphatic hydroxyl groups excluding tert-OH is 1. The predicted octanol–water partition coefficient (Wildman–Crippen LogP) is 4.60. The summed E-state index contributed by atoms with van der Waals surface area (Å²) in [4.78, 5) is 0. The predicted molar refractivity (Wildman–Crippen MR) is 73.0 cm³/mol. The van der Waals surface area contributed by atoms with Gasteiger partial charge in [0.1, 0.15) is 0 Å². The van der Waals surface area contributed by atoms with Crippen LogP contribution >= 0.6 is 0 Å². The van der Waals surface area contributed by atoms with E-state index < -0.39 is 0 Å². The van der Waals surface area contributed by atoms with E-state index in [-0.39, 0.29) is 11.5 Å². The Bertz CT molecular complexity index is 261. The third kappa shape index (κ3) is 2.76. The first kappa shape index (κ1) is 13.1. The minimum Gasteiger partial charge on any atom is -0.392 e. The van der Waals surface area contributed by atoms with Crippen LogP contribution in [0.4, 0.5) is 0 Å². The molecule has 0 bridgehead atoms. The highest BCUT2D eigenvalue weighted by Crippen LogP contribution is 2.49. The summed E-state index contributed by atoms with van der Waals surface area (Å²) in [6.07, 6.45) is 16.1. The smallest absolute Gasteiger partial charge is 0.0633 e. The number of allylic oxidation sites excluding steroid dienone is 1. The van der Waals surface area contributed by atoms with E-state index in [2.05, 4.69) is 13.0 Å². The number of hydrogen-bond acceptors (Lipinski definition) is 1. The van der Waals surface area contributed by atoms with Gasteiger partial charge in [-0.1, -0.05) is 44.3 Å². The highest BCUT2D eigenvalue weighted by molar-refractivity contribution is 5.20. The lowest BCUT2D eigenvalue weighted by Crippen LogP contribution is -2.39. The van der Waals surface area contributed by atoms with Crippen LogP contribution in [0.1, 0.15) is 77.6 Å². The molecule has 2 aliphatic carbocycles. The van der Waals surface area contributed by atoms with Crippen LogP contribution in [0.2, 0.25) is 0 Å². The summed E-state index contributed by atoms with van der Waals surface area (Å²) < 4.78 is 0. The Morgan fingerprint density at radius 1 is 1.18 bits per heavy atom. The van der Waals surface area contributed by atoms with Gasteiger partial charge in [0.2, 0.25) is 0 Å². The van der Waals surface area contributed by atoms with Crippen molar-refractivity contribution in [3.63, 3.8) is 0 Å². The molecule has 0 spiro atoms. The van der Waals surface area contributed by atoms with Crippen LogP contribution in [0.25, 0.3) is 0 Å². The van der Waals surface area contributed by atoms with Crippen molar-refractivity contribution in [2.24, 2.45) is 5.41 Å². The molecule has 1 saturated carbocycles. The standard InChI is InChI=1S/C16H28O/c1-2-9-15(17)16(12-7-4-8-13-16)14-10-5-3-6-11-14/h10,15,17H,2-9,11-13H2,1H3. The van der Waals surface area contributed by atoms with Gasteiger partial charge in [0.25, 0.3) is 0 Å². The molecule has 98 valence electrons. The molecule has 0 heterocycles. The normalized spacial score (nSPS) is 26.4. The summed E-state index contributed by atoms with van der Waals surface area (Å²) >= 11 is 0. The van der Waals surface area contributed by atoms with E-state index in [1.807, 2.05) is 0 Å². The zero-order chi connectivity index (χ0) is 12.1. The Morgan fingerprint density at radius 2 is 1.94 bits per heavy atom. The molecule has 0 amide bonds. The van der Waals surface area contributed by atoms with Crippen molar-refractivity contribution in [3.8, 4) is 0 Å². The fourth-order valence-corrected chi connectivity index (χ4v) is 3.89. The van der Waals surface area contributed by atoms with Crippen LogP contribution in [0.3, 0.4) is 0 Å². The molecule has 1 heteroatoms. The second-order valence-electron chi connectivity index (χ2n) is 6.00. The Hall–Kier alpha value is -0.300. The third-order valence-corrected chi connectivity index (χ3v) is 4.88. The van der Waals surface area contributed by atoms with E-state index in [0.717, 1.165) is 12.8 Å². The Labute approximate surface area is 106 Å². The second kappa shape index (κ2) is 6.04. The molecule has 0 aliphatic heterocycles. The van der Waals surface area contributed by atoms with E-state index in [4.69, 9.17) is 0 Å². The van der Waals surface area contributed by atoms with Crippen LogP contribution in [0.5, 0.6) is 0 Å². The summed E-state index contributed by atoms with van der Waals surface area (Å²) in [5, 5.41) is 10.6. The number of rotatable bonds is 4. The average Bonchev–Trinajstić information content (AvgIpc) is 2.41. The molecule has 17 heavy (non-hydrogen) atoms. The van der Waals surface area contributed by atoms with Gasteiger partial charge in [-0.05, 0) is 44.9 Å². The quantitative estimate of drug-likeness (QED) is 0.707. The summed E-state index contributed by atoms with van der Waals surface area (Å²) in [6, 6.07) is 0. The fourth-order valence-electron chi connectivity index (χ4n) is 3.89. The molecule has 0 saturated heterocycles. The van der Waals surface area contributed by atoms with E-state index in [9.17, 15) is 5.11 Å². The van der Waals surface area contributed by atoms with Gasteiger partial charge in [-0.3, -0.25) is 0 Å². The zero-order valence-electron chi connectivity index (χ0n) is 11.4. The van der Waals surface area contributed by atoms with Gasteiger partial charge in [0.05, 0.1) is 6.10 Å². The molecule has 1 N–H and O–H groups in total. The van der Waals surface area contributed by atoms with Gasteiger partial charge in [-0.2, -0.15) is 0 Å². The first-order valence-electron chi connectivity index (χ1n) is 7.67. The maximum atomic E-state index is 10.6. The van der Waals surface area contributed by atoms with Crippen LogP contribution in [-0.2, 0) is 0 Å². The van der Waals surface area contributed by atoms with Gasteiger partial charge in [-0.25, -0.2) is 0 Å². The number of hydrogen-bond donors (Lipinski definition) is 1. The van der Waals surface area contributed by atoms with Gasteiger partial charge in [0.15, 0.2) is 0 Å². The highest BCUT2D eigenvalue weighted by Gasteiger charge is 2.41. The van der Waals surface area contributed by atoms with E-state index in [1.165, 1.54) is 57.8 Å². The molecule has 2 rings (SSSR count). The van der Waals surface area contributed by atoms with Gasteiger partial charge >= 0.3 is 0 Å². The van der Waals surface area contributed by atoms with Crippen LogP contribution in [0, 0.1) is 5.41 Å². The molecule has 0 aromatic carbocycles. The van der Waals surface area contributed by atoms with Gasteiger partial charge in [0, 0.05) is 5.41 Å². The van der Waals surface area contributed by atoms with E-state index in [0.29, 0.717) is 0 Å². The highest BCUT2D eigenvalue weighted by atomic mass is 16.3. The minimum absolute atomic E-state index is 0.0860. The first-order valence-corrected chi connectivity index (χ1v) is 7.67. The SMILES string of the molecule is CCCC(O)C1(C2=CCCCC2)CCCCC1. The summed E-state index contributed by atoms with van der Waals surface area (Å²) in [5.41, 5.74) is 1.79. The van der Waals surface area contributed by atoms with Gasteiger partial charge < -0.3 is 5.11 Å². The fraction of sp³-hybridized carbons (Fsp3) is 0.875. The van der Waals surface area contributed by atoms with Crippen molar-refractivity contribution >= 4 is 0 Å². The lowest BCUT2D eigenvalue weighted by molar-refractivity contribution is 0.0135. The van der Waals surface area contributed by atoms with Crippen LogP contribution < -0.4 is 0 Å². The topological polar surface area (TPSA) is 20.2 Å². The lowest BCUT2D eigenvalue weighted by atomic mass is 9.62. The van der Waals surface area contributed by atoms with Crippen molar-refractivity contribution in [3.05, 3.63) is 11.6 Å². The second-order valence-corrected chi connectivity index (χ2v) is 6.00. The van der Waals surface area contributed by atoms with Crippen molar-refractivity contribution < 1.29 is 5.11 Å². The maximum absolute atomic E-state index is 10.6. The Balaban J connectivity index is 2.18. The third-order valence-electron chi connectivity index (χ3n) is 4.88. The largest absolute Gasteiger partial charge is 0.392 e. The molecular formula is C16H28O. The summed E-state index contributed by atoms with van der Waals surface area (Å²) in [5.74, 6) is 0. The number of aliphatic hydroxyl groups is 1. The molecule has 0 aromatic rings. The van der Waals surface area contributed by atoms with Crippen molar-refractivity contribution in [1.82, 2.24) is 0 Å². The monoisotopic (exact) mass is 236 g/mol. The van der Waals surface area contributed by atoms with Crippen molar-refractivity contribution in [1.29, 1.82) is 0 Å². The Morgan fingerprint density at radius 3 is 2.53 bits per heavy atom. The van der Waals surface area contributed by atoms with E-state index in [1.54, 1.807) is 5.57 Å². The zero-order valence-corrected chi connectivity index (χ0v) is 11.4. The molecule has 1 unspecified atom stereocenters. The first-order chi connectivity index (χ1) is 8.29. The molecule has 1 atom stereocenters. The molecule has 1 nitrogen and oxygen atoms in total. The molecular weight excluding hydrogens is 208 g/mol. The summed E-state index contributed by atoms with van der Waals surface area (Å²) in [7, 11) is 0. The summed E-state index contributed by atoms with van der Waals surface area (Å²) in [6.45, 7) is 2.19. The molecule has 0 radical (unpaired) electrons. The maximum Gasteiger partial charge on any atom is 0.0633 e. The molecule has 2 aliphatic rings. The lowest BCUT2D eigenvalue weighted by Gasteiger charge is -2.44. The van der Waals surface area contributed by atoms with E-state index >= 15 is 0 Å². The van der Waals surface area contributed by atoms with Gasteiger partial charge in [-0.15, -0.1) is 0 Å².